The number of aryl methyl sites for hydroxylation is 2. The first-order chi connectivity index (χ1) is 9.88. The molecule has 0 aliphatic rings. The second-order valence-corrected chi connectivity index (χ2v) is 5.44. The quantitative estimate of drug-likeness (QED) is 0.660. The molecule has 1 heterocycles. The molecule has 0 amide bonds. The van der Waals surface area contributed by atoms with Crippen molar-refractivity contribution in [2.75, 3.05) is 0 Å². The second-order valence-electron chi connectivity index (χ2n) is 5.00. The molecule has 1 atom stereocenters. The van der Waals surface area contributed by atoms with Gasteiger partial charge in [0.15, 0.2) is 0 Å². The highest BCUT2D eigenvalue weighted by Gasteiger charge is 2.16. The Labute approximate surface area is 128 Å². The van der Waals surface area contributed by atoms with Gasteiger partial charge in [-0.2, -0.15) is 0 Å². The summed E-state index contributed by atoms with van der Waals surface area (Å²) >= 11 is 5.92. The number of nitrogens with zero attached hydrogens (tertiary/aromatic N) is 1. The monoisotopic (exact) mass is 308 g/mol. The van der Waals surface area contributed by atoms with Crippen molar-refractivity contribution in [3.63, 3.8) is 0 Å². The van der Waals surface area contributed by atoms with Crippen molar-refractivity contribution in [1.82, 2.24) is 5.32 Å². The van der Waals surface area contributed by atoms with Crippen LogP contribution in [0.3, 0.4) is 0 Å². The van der Waals surface area contributed by atoms with Crippen molar-refractivity contribution in [1.29, 1.82) is 0 Å². The van der Waals surface area contributed by atoms with E-state index in [0.29, 0.717) is 17.1 Å². The van der Waals surface area contributed by atoms with E-state index in [4.69, 9.17) is 16.0 Å². The van der Waals surface area contributed by atoms with Gasteiger partial charge in [0.2, 0.25) is 0 Å². The summed E-state index contributed by atoms with van der Waals surface area (Å²) in [5.41, 5.74) is 1.69. The van der Waals surface area contributed by atoms with Crippen LogP contribution in [0.4, 0.5) is 5.69 Å². The lowest BCUT2D eigenvalue weighted by Gasteiger charge is -2.13. The maximum absolute atomic E-state index is 11.0. The molecule has 1 N–H and O–H groups in total. The SMILES string of the molecule is Cc1cc(C(C)NCc2cc(Cl)ccc2[N+](=O)[O-])c(C)o1. The van der Waals surface area contributed by atoms with E-state index in [2.05, 4.69) is 5.32 Å². The molecule has 0 saturated carbocycles. The van der Waals surface area contributed by atoms with Crippen LogP contribution < -0.4 is 5.32 Å². The van der Waals surface area contributed by atoms with E-state index >= 15 is 0 Å². The van der Waals surface area contributed by atoms with E-state index in [0.717, 1.165) is 17.1 Å². The summed E-state index contributed by atoms with van der Waals surface area (Å²) in [5.74, 6) is 1.71. The topological polar surface area (TPSA) is 68.3 Å². The van der Waals surface area contributed by atoms with Crippen molar-refractivity contribution < 1.29 is 9.34 Å². The summed E-state index contributed by atoms with van der Waals surface area (Å²) in [4.78, 5) is 10.6. The van der Waals surface area contributed by atoms with Crippen molar-refractivity contribution >= 4 is 17.3 Å². The number of nitrogens with one attached hydrogen (secondary N) is 1. The Hall–Kier alpha value is -1.85. The van der Waals surface area contributed by atoms with Crippen LogP contribution in [0, 0.1) is 24.0 Å². The highest BCUT2D eigenvalue weighted by Crippen LogP contribution is 2.25. The zero-order valence-electron chi connectivity index (χ0n) is 12.1. The van der Waals surface area contributed by atoms with Crippen LogP contribution in [0.25, 0.3) is 0 Å². The van der Waals surface area contributed by atoms with Gasteiger partial charge in [0.1, 0.15) is 11.5 Å². The third-order valence-electron chi connectivity index (χ3n) is 3.38. The Morgan fingerprint density at radius 3 is 2.67 bits per heavy atom. The molecule has 0 fully saturated rings. The molecule has 6 heteroatoms. The zero-order chi connectivity index (χ0) is 15.6. The van der Waals surface area contributed by atoms with E-state index in [-0.39, 0.29) is 11.7 Å². The third-order valence-corrected chi connectivity index (χ3v) is 3.62. The standard InChI is InChI=1S/C15H17ClN2O3/c1-9-6-14(11(3)21-9)10(2)17-8-12-7-13(16)4-5-15(12)18(19)20/h4-7,10,17H,8H2,1-3H3. The molecule has 1 unspecified atom stereocenters. The number of nitro benzene ring substituents is 1. The molecule has 5 nitrogen and oxygen atoms in total. The maximum Gasteiger partial charge on any atom is 0.273 e. The van der Waals surface area contributed by atoms with Crippen molar-refractivity contribution in [3.8, 4) is 0 Å². The van der Waals surface area contributed by atoms with Gasteiger partial charge in [-0.05, 0) is 39.0 Å². The fourth-order valence-electron chi connectivity index (χ4n) is 2.33. The van der Waals surface area contributed by atoms with Gasteiger partial charge in [-0.1, -0.05) is 11.6 Å². The van der Waals surface area contributed by atoms with Crippen LogP contribution in [0.2, 0.25) is 5.02 Å². The molecule has 1 aromatic carbocycles. The fourth-order valence-corrected chi connectivity index (χ4v) is 2.52. The first kappa shape index (κ1) is 15.5. The lowest BCUT2D eigenvalue weighted by molar-refractivity contribution is -0.385. The van der Waals surface area contributed by atoms with E-state index in [9.17, 15) is 10.1 Å². The van der Waals surface area contributed by atoms with Gasteiger partial charge in [-0.25, -0.2) is 0 Å². The minimum atomic E-state index is -0.398. The molecule has 0 saturated heterocycles. The Kier molecular flexibility index (Phi) is 4.65. The Morgan fingerprint density at radius 1 is 1.38 bits per heavy atom. The number of rotatable bonds is 5. The third kappa shape index (κ3) is 3.62. The van der Waals surface area contributed by atoms with E-state index in [1.165, 1.54) is 12.1 Å². The van der Waals surface area contributed by atoms with Gasteiger partial charge in [0.25, 0.3) is 5.69 Å². The highest BCUT2D eigenvalue weighted by molar-refractivity contribution is 6.30. The molecule has 21 heavy (non-hydrogen) atoms. The van der Waals surface area contributed by atoms with Gasteiger partial charge < -0.3 is 9.73 Å². The van der Waals surface area contributed by atoms with Crippen molar-refractivity contribution in [3.05, 3.63) is 62.0 Å². The van der Waals surface area contributed by atoms with E-state index < -0.39 is 4.92 Å². The van der Waals surface area contributed by atoms with Crippen LogP contribution in [-0.4, -0.2) is 4.92 Å². The molecule has 0 radical (unpaired) electrons. The van der Waals surface area contributed by atoms with E-state index in [1.54, 1.807) is 6.07 Å². The van der Waals surface area contributed by atoms with Crippen molar-refractivity contribution in [2.24, 2.45) is 0 Å². The normalized spacial score (nSPS) is 12.4. The highest BCUT2D eigenvalue weighted by atomic mass is 35.5. The summed E-state index contributed by atoms with van der Waals surface area (Å²) in [7, 11) is 0. The molecule has 0 spiro atoms. The Balaban J connectivity index is 2.14. The summed E-state index contributed by atoms with van der Waals surface area (Å²) in [6, 6.07) is 6.57. The molecule has 0 aliphatic heterocycles. The molecule has 0 bridgehead atoms. The van der Waals surface area contributed by atoms with Crippen LogP contribution >= 0.6 is 11.6 Å². The number of halogens is 1. The molecule has 2 rings (SSSR count). The van der Waals surface area contributed by atoms with Gasteiger partial charge in [-0.3, -0.25) is 10.1 Å². The minimum absolute atomic E-state index is 0.0287. The summed E-state index contributed by atoms with van der Waals surface area (Å²) in [6.45, 7) is 6.16. The van der Waals surface area contributed by atoms with Crippen molar-refractivity contribution in [2.45, 2.75) is 33.4 Å². The van der Waals surface area contributed by atoms with Crippen LogP contribution in [0.15, 0.2) is 28.7 Å². The second kappa shape index (κ2) is 6.28. The Bertz CT molecular complexity index is 667. The number of nitro groups is 1. The number of hydrogen-bond acceptors (Lipinski definition) is 4. The molecular weight excluding hydrogens is 292 g/mol. The van der Waals surface area contributed by atoms with E-state index in [1.807, 2.05) is 26.8 Å². The van der Waals surface area contributed by atoms with Gasteiger partial charge in [0.05, 0.1) is 4.92 Å². The first-order valence-corrected chi connectivity index (χ1v) is 6.99. The molecule has 1 aromatic heterocycles. The van der Waals surface area contributed by atoms with Gasteiger partial charge in [-0.15, -0.1) is 0 Å². The van der Waals surface area contributed by atoms with Crippen LogP contribution in [-0.2, 0) is 6.54 Å². The predicted octanol–water partition coefficient (Wildman–Crippen LogP) is 4.31. The average molecular weight is 309 g/mol. The van der Waals surface area contributed by atoms with Gasteiger partial charge in [0, 0.05) is 34.8 Å². The lowest BCUT2D eigenvalue weighted by atomic mass is 10.1. The van der Waals surface area contributed by atoms with Crippen LogP contribution in [0.5, 0.6) is 0 Å². The minimum Gasteiger partial charge on any atom is -0.466 e. The Morgan fingerprint density at radius 2 is 2.10 bits per heavy atom. The summed E-state index contributed by atoms with van der Waals surface area (Å²) < 4.78 is 5.50. The number of hydrogen-bond donors (Lipinski definition) is 1. The lowest BCUT2D eigenvalue weighted by Crippen LogP contribution is -2.19. The molecule has 2 aromatic rings. The zero-order valence-corrected chi connectivity index (χ0v) is 12.9. The average Bonchev–Trinajstić information content (AvgIpc) is 2.74. The summed E-state index contributed by atoms with van der Waals surface area (Å²) in [6.07, 6.45) is 0. The fraction of sp³-hybridized carbons (Fsp3) is 0.333. The van der Waals surface area contributed by atoms with Crippen LogP contribution in [0.1, 0.15) is 35.6 Å². The molecule has 0 aliphatic carbocycles. The maximum atomic E-state index is 11.0. The number of furan rings is 1. The largest absolute Gasteiger partial charge is 0.466 e. The molecular formula is C15H17ClN2O3. The smallest absolute Gasteiger partial charge is 0.273 e. The summed E-state index contributed by atoms with van der Waals surface area (Å²) in [5, 5.41) is 14.8. The molecule has 112 valence electrons. The number of benzene rings is 1. The first-order valence-electron chi connectivity index (χ1n) is 6.61. The van der Waals surface area contributed by atoms with Gasteiger partial charge >= 0.3 is 0 Å². The predicted molar refractivity (Wildman–Crippen MR) is 81.5 cm³/mol.